The zero-order valence-electron chi connectivity index (χ0n) is 11.2. The minimum absolute atomic E-state index is 0.00471. The highest BCUT2D eigenvalue weighted by molar-refractivity contribution is 6.07. The number of carbonyl (C=O) groups excluding carboxylic acids is 1. The van der Waals surface area contributed by atoms with Gasteiger partial charge in [0.2, 0.25) is 5.91 Å². The predicted octanol–water partition coefficient (Wildman–Crippen LogP) is 2.18. The van der Waals surface area contributed by atoms with Gasteiger partial charge in [-0.15, -0.1) is 0 Å². The van der Waals surface area contributed by atoms with Gasteiger partial charge in [-0.1, -0.05) is 0 Å². The van der Waals surface area contributed by atoms with Crippen molar-refractivity contribution in [2.24, 2.45) is 0 Å². The summed E-state index contributed by atoms with van der Waals surface area (Å²) in [4.78, 5) is 12.0. The lowest BCUT2D eigenvalue weighted by Crippen LogP contribution is -2.26. The summed E-state index contributed by atoms with van der Waals surface area (Å²) >= 11 is 0. The van der Waals surface area contributed by atoms with E-state index in [0.29, 0.717) is 0 Å². The largest absolute Gasteiger partial charge is 0.360 e. The summed E-state index contributed by atoms with van der Waals surface area (Å²) in [5.74, 6) is 0.0440. The standard InChI is InChI=1S/C14H15N5O/c1-14(2)8-3-10-11(4-9(8)19-13(14)20)18-12(17-10)7-5-15-16-6-7/h3-6,12,17-18H,1-2H3,(H,15,16)(H,19,20). The molecular formula is C14H15N5O. The van der Waals surface area contributed by atoms with Crippen molar-refractivity contribution in [3.05, 3.63) is 35.7 Å². The van der Waals surface area contributed by atoms with Crippen LogP contribution in [0.15, 0.2) is 24.5 Å². The Kier molecular flexibility index (Phi) is 2.00. The highest BCUT2D eigenvalue weighted by atomic mass is 16.2. The van der Waals surface area contributed by atoms with Gasteiger partial charge in [0.05, 0.1) is 23.0 Å². The third-order valence-corrected chi connectivity index (χ3v) is 4.10. The number of amides is 1. The zero-order valence-corrected chi connectivity index (χ0v) is 11.2. The van der Waals surface area contributed by atoms with E-state index in [9.17, 15) is 4.79 Å². The second-order valence-corrected chi connectivity index (χ2v) is 5.78. The molecule has 6 heteroatoms. The lowest BCUT2D eigenvalue weighted by Gasteiger charge is -2.15. The second kappa shape index (κ2) is 3.53. The van der Waals surface area contributed by atoms with Gasteiger partial charge in [-0.05, 0) is 31.5 Å². The van der Waals surface area contributed by atoms with Crippen LogP contribution in [0.3, 0.4) is 0 Å². The van der Waals surface area contributed by atoms with Gasteiger partial charge in [-0.3, -0.25) is 9.89 Å². The highest BCUT2D eigenvalue weighted by Crippen LogP contribution is 2.45. The van der Waals surface area contributed by atoms with Gasteiger partial charge in [0.15, 0.2) is 0 Å². The van der Waals surface area contributed by atoms with Crippen LogP contribution in [-0.4, -0.2) is 16.1 Å². The van der Waals surface area contributed by atoms with Gasteiger partial charge in [0.25, 0.3) is 0 Å². The van der Waals surface area contributed by atoms with Gasteiger partial charge in [0.1, 0.15) is 6.17 Å². The molecule has 0 bridgehead atoms. The molecule has 4 rings (SSSR count). The molecule has 4 N–H and O–H groups in total. The molecule has 2 aliphatic heterocycles. The third kappa shape index (κ3) is 1.39. The Balaban J connectivity index is 1.74. The molecule has 0 spiro atoms. The number of hydrogen-bond donors (Lipinski definition) is 4. The average Bonchev–Trinajstić information content (AvgIpc) is 3.08. The van der Waals surface area contributed by atoms with E-state index in [1.165, 1.54) is 0 Å². The Hall–Kier alpha value is -2.50. The first-order chi connectivity index (χ1) is 9.55. The molecule has 1 unspecified atom stereocenters. The van der Waals surface area contributed by atoms with Crippen molar-refractivity contribution in [3.8, 4) is 0 Å². The van der Waals surface area contributed by atoms with E-state index in [4.69, 9.17) is 0 Å². The summed E-state index contributed by atoms with van der Waals surface area (Å²) in [5, 5.41) is 16.5. The molecule has 0 saturated heterocycles. The number of nitrogens with one attached hydrogen (secondary N) is 4. The maximum Gasteiger partial charge on any atom is 0.234 e. The van der Waals surface area contributed by atoms with Crippen molar-refractivity contribution < 1.29 is 4.79 Å². The van der Waals surface area contributed by atoms with Crippen molar-refractivity contribution >= 4 is 23.0 Å². The lowest BCUT2D eigenvalue weighted by atomic mass is 9.86. The van der Waals surface area contributed by atoms with Crippen LogP contribution in [0.1, 0.15) is 31.1 Å². The summed E-state index contributed by atoms with van der Waals surface area (Å²) in [7, 11) is 0. The first-order valence-corrected chi connectivity index (χ1v) is 6.57. The molecule has 0 fully saturated rings. The number of aromatic amines is 1. The third-order valence-electron chi connectivity index (χ3n) is 4.10. The van der Waals surface area contributed by atoms with E-state index in [-0.39, 0.29) is 12.1 Å². The Morgan fingerprint density at radius 2 is 1.90 bits per heavy atom. The average molecular weight is 269 g/mol. The van der Waals surface area contributed by atoms with Crippen molar-refractivity contribution in [3.63, 3.8) is 0 Å². The van der Waals surface area contributed by atoms with Crippen LogP contribution in [0.2, 0.25) is 0 Å². The smallest absolute Gasteiger partial charge is 0.234 e. The SMILES string of the molecule is CC1(C)C(=O)Nc2cc3c(cc21)NC(c1cn[nH]c1)N3. The molecule has 6 nitrogen and oxygen atoms in total. The molecule has 2 aliphatic rings. The number of rotatable bonds is 1. The molecule has 20 heavy (non-hydrogen) atoms. The van der Waals surface area contributed by atoms with E-state index in [1.54, 1.807) is 6.20 Å². The molecule has 3 heterocycles. The van der Waals surface area contributed by atoms with Crippen LogP contribution >= 0.6 is 0 Å². The molecule has 1 amide bonds. The van der Waals surface area contributed by atoms with E-state index in [1.807, 2.05) is 26.1 Å². The minimum Gasteiger partial charge on any atom is -0.360 e. The van der Waals surface area contributed by atoms with Gasteiger partial charge >= 0.3 is 0 Å². The fourth-order valence-corrected chi connectivity index (χ4v) is 2.79. The van der Waals surface area contributed by atoms with Crippen molar-refractivity contribution in [2.45, 2.75) is 25.4 Å². The number of anilines is 3. The quantitative estimate of drug-likeness (QED) is 0.639. The minimum atomic E-state index is -0.486. The van der Waals surface area contributed by atoms with Gasteiger partial charge in [-0.25, -0.2) is 0 Å². The van der Waals surface area contributed by atoms with Crippen molar-refractivity contribution in [1.82, 2.24) is 10.2 Å². The van der Waals surface area contributed by atoms with Gasteiger partial charge < -0.3 is 16.0 Å². The number of H-pyrrole nitrogens is 1. The Morgan fingerprint density at radius 3 is 2.60 bits per heavy atom. The Labute approximate surface area is 116 Å². The summed E-state index contributed by atoms with van der Waals surface area (Å²) in [6.45, 7) is 3.88. The maximum atomic E-state index is 12.0. The number of aromatic nitrogens is 2. The van der Waals surface area contributed by atoms with E-state index in [0.717, 1.165) is 28.2 Å². The topological polar surface area (TPSA) is 81.8 Å². The summed E-state index contributed by atoms with van der Waals surface area (Å²) in [6, 6.07) is 4.04. The zero-order chi connectivity index (χ0) is 13.9. The Morgan fingerprint density at radius 1 is 1.15 bits per heavy atom. The van der Waals surface area contributed by atoms with Crippen LogP contribution < -0.4 is 16.0 Å². The van der Waals surface area contributed by atoms with Crippen LogP contribution in [-0.2, 0) is 10.2 Å². The number of benzene rings is 1. The first kappa shape index (κ1) is 11.3. The summed E-state index contributed by atoms with van der Waals surface area (Å²) in [6.07, 6.45) is 3.65. The monoisotopic (exact) mass is 269 g/mol. The van der Waals surface area contributed by atoms with Gasteiger partial charge in [0, 0.05) is 17.4 Å². The molecule has 102 valence electrons. The van der Waals surface area contributed by atoms with Crippen LogP contribution in [0.4, 0.5) is 17.1 Å². The molecule has 2 aromatic rings. The number of nitrogens with zero attached hydrogens (tertiary/aromatic N) is 1. The fourth-order valence-electron chi connectivity index (χ4n) is 2.79. The number of hydrogen-bond acceptors (Lipinski definition) is 4. The number of carbonyl (C=O) groups is 1. The number of fused-ring (bicyclic) bond motifs is 2. The van der Waals surface area contributed by atoms with Crippen LogP contribution in [0.5, 0.6) is 0 Å². The fraction of sp³-hybridized carbons (Fsp3) is 0.286. The van der Waals surface area contributed by atoms with Crippen molar-refractivity contribution in [2.75, 3.05) is 16.0 Å². The maximum absolute atomic E-state index is 12.0. The van der Waals surface area contributed by atoms with E-state index >= 15 is 0 Å². The van der Waals surface area contributed by atoms with E-state index < -0.39 is 5.41 Å². The predicted molar refractivity (Wildman–Crippen MR) is 76.7 cm³/mol. The lowest BCUT2D eigenvalue weighted by molar-refractivity contribution is -0.119. The van der Waals surface area contributed by atoms with Crippen LogP contribution in [0, 0.1) is 0 Å². The van der Waals surface area contributed by atoms with Crippen molar-refractivity contribution in [1.29, 1.82) is 0 Å². The molecular weight excluding hydrogens is 254 g/mol. The first-order valence-electron chi connectivity index (χ1n) is 6.57. The molecule has 1 aromatic carbocycles. The molecule has 1 aromatic heterocycles. The summed E-state index contributed by atoms with van der Waals surface area (Å²) < 4.78 is 0. The van der Waals surface area contributed by atoms with Crippen LogP contribution in [0.25, 0.3) is 0 Å². The molecule has 0 saturated carbocycles. The van der Waals surface area contributed by atoms with Gasteiger partial charge in [-0.2, -0.15) is 5.10 Å². The highest BCUT2D eigenvalue weighted by Gasteiger charge is 2.39. The Bertz CT molecular complexity index is 705. The normalized spacial score (nSPS) is 21.7. The van der Waals surface area contributed by atoms with E-state index in [2.05, 4.69) is 32.2 Å². The second-order valence-electron chi connectivity index (χ2n) is 5.78. The summed E-state index contributed by atoms with van der Waals surface area (Å²) in [5.41, 5.74) is 4.49. The molecule has 0 aliphatic carbocycles. The molecule has 0 radical (unpaired) electrons. The molecule has 1 atom stereocenters.